The van der Waals surface area contributed by atoms with E-state index in [0.717, 1.165) is 45.0 Å². The molecular formula is C21H15BrClN3O3. The Hall–Kier alpha value is -2.64. The fourth-order valence-electron chi connectivity index (χ4n) is 4.04. The summed E-state index contributed by atoms with van der Waals surface area (Å²) in [6, 6.07) is 11.4. The predicted molar refractivity (Wildman–Crippen MR) is 113 cm³/mol. The molecule has 8 heteroatoms. The van der Waals surface area contributed by atoms with Crippen molar-refractivity contribution in [2.24, 2.45) is 0 Å². The number of hydrogen-bond acceptors (Lipinski definition) is 4. The largest absolute Gasteiger partial charge is 0.481 e. The van der Waals surface area contributed by atoms with Gasteiger partial charge < -0.3 is 14.6 Å². The molecule has 146 valence electrons. The molecule has 4 aromatic rings. The van der Waals surface area contributed by atoms with E-state index in [1.54, 1.807) is 12.1 Å². The predicted octanol–water partition coefficient (Wildman–Crippen LogP) is 5.81. The molecular weight excluding hydrogens is 458 g/mol. The van der Waals surface area contributed by atoms with Crippen molar-refractivity contribution in [1.29, 1.82) is 0 Å². The summed E-state index contributed by atoms with van der Waals surface area (Å²) in [5, 5.41) is 14.9. The molecule has 29 heavy (non-hydrogen) atoms. The van der Waals surface area contributed by atoms with Gasteiger partial charge in [0, 0.05) is 43.1 Å². The van der Waals surface area contributed by atoms with Crippen molar-refractivity contribution in [3.63, 3.8) is 0 Å². The minimum Gasteiger partial charge on any atom is -0.481 e. The van der Waals surface area contributed by atoms with Crippen molar-refractivity contribution < 1.29 is 14.4 Å². The van der Waals surface area contributed by atoms with Gasteiger partial charge in [-0.05, 0) is 54.8 Å². The molecule has 1 aliphatic carbocycles. The number of aromatic nitrogens is 3. The number of halogens is 2. The lowest BCUT2D eigenvalue weighted by atomic mass is 10.0. The molecule has 0 fully saturated rings. The van der Waals surface area contributed by atoms with Gasteiger partial charge in [0.2, 0.25) is 5.82 Å². The van der Waals surface area contributed by atoms with E-state index in [0.29, 0.717) is 16.7 Å². The summed E-state index contributed by atoms with van der Waals surface area (Å²) in [6.45, 7) is 0. The summed E-state index contributed by atoms with van der Waals surface area (Å²) >= 11 is 9.53. The Bertz CT molecular complexity index is 1240. The third-order valence-electron chi connectivity index (χ3n) is 5.30. The first kappa shape index (κ1) is 18.4. The van der Waals surface area contributed by atoms with Crippen molar-refractivity contribution in [3.05, 3.63) is 57.2 Å². The van der Waals surface area contributed by atoms with Gasteiger partial charge in [-0.2, -0.15) is 4.98 Å². The lowest BCUT2D eigenvalue weighted by molar-refractivity contribution is -0.137. The average Bonchev–Trinajstić information content (AvgIpc) is 3.36. The monoisotopic (exact) mass is 471 g/mol. The van der Waals surface area contributed by atoms with Gasteiger partial charge >= 0.3 is 5.97 Å². The first-order valence-corrected chi connectivity index (χ1v) is 10.3. The van der Waals surface area contributed by atoms with Crippen LogP contribution in [0, 0.1) is 0 Å². The number of aryl methyl sites for hydroxylation is 1. The maximum absolute atomic E-state index is 11.1. The highest BCUT2D eigenvalue weighted by Crippen LogP contribution is 2.40. The number of fused-ring (bicyclic) bond motifs is 3. The summed E-state index contributed by atoms with van der Waals surface area (Å²) in [6.07, 6.45) is 1.87. The molecule has 0 spiro atoms. The van der Waals surface area contributed by atoms with Crippen LogP contribution in [0.15, 0.2) is 45.4 Å². The molecule has 0 amide bonds. The summed E-state index contributed by atoms with van der Waals surface area (Å²) in [4.78, 5) is 19.1. The van der Waals surface area contributed by atoms with Gasteiger partial charge in [0.25, 0.3) is 5.89 Å². The molecule has 2 heterocycles. The van der Waals surface area contributed by atoms with Crippen molar-refractivity contribution in [2.45, 2.75) is 25.2 Å². The van der Waals surface area contributed by atoms with E-state index in [-0.39, 0.29) is 12.3 Å². The molecule has 1 unspecified atom stereocenters. The van der Waals surface area contributed by atoms with Crippen LogP contribution >= 0.6 is 27.5 Å². The van der Waals surface area contributed by atoms with Gasteiger partial charge in [-0.15, -0.1) is 0 Å². The zero-order valence-electron chi connectivity index (χ0n) is 15.1. The molecule has 2 aromatic carbocycles. The van der Waals surface area contributed by atoms with E-state index < -0.39 is 5.97 Å². The highest BCUT2D eigenvalue weighted by Gasteiger charge is 2.28. The Kier molecular flexibility index (Phi) is 4.44. The number of benzene rings is 2. The van der Waals surface area contributed by atoms with Crippen LogP contribution < -0.4 is 0 Å². The molecule has 1 atom stereocenters. The minimum atomic E-state index is -0.769. The third kappa shape index (κ3) is 3.34. The van der Waals surface area contributed by atoms with Crippen LogP contribution in [0.2, 0.25) is 5.02 Å². The van der Waals surface area contributed by atoms with E-state index >= 15 is 0 Å². The van der Waals surface area contributed by atoms with Crippen molar-refractivity contribution in [3.8, 4) is 22.8 Å². The van der Waals surface area contributed by atoms with E-state index in [1.807, 2.05) is 24.3 Å². The van der Waals surface area contributed by atoms with Gasteiger partial charge in [0.15, 0.2) is 0 Å². The van der Waals surface area contributed by atoms with Crippen LogP contribution in [0.25, 0.3) is 33.7 Å². The second-order valence-corrected chi connectivity index (χ2v) is 8.54. The van der Waals surface area contributed by atoms with Gasteiger partial charge in [-0.1, -0.05) is 32.7 Å². The first-order chi connectivity index (χ1) is 14.0. The lowest BCUT2D eigenvalue weighted by Crippen LogP contribution is -2.03. The number of carbonyl (C=O) groups is 1. The fourth-order valence-corrected chi connectivity index (χ4v) is 4.90. The van der Waals surface area contributed by atoms with Crippen LogP contribution in [0.1, 0.15) is 30.0 Å². The second-order valence-electron chi connectivity index (χ2n) is 7.19. The summed E-state index contributed by atoms with van der Waals surface area (Å²) < 4.78 is 6.28. The van der Waals surface area contributed by atoms with Crippen LogP contribution in [0.3, 0.4) is 0 Å². The molecule has 0 radical (unpaired) electrons. The van der Waals surface area contributed by atoms with Gasteiger partial charge in [0.1, 0.15) is 0 Å². The SMILES string of the molecule is O=C(O)CC1CCc2c1[nH]c1ccc(-c3noc(-c4cc(Cl)cc(Br)c4)n3)cc21. The highest BCUT2D eigenvalue weighted by atomic mass is 79.9. The summed E-state index contributed by atoms with van der Waals surface area (Å²) in [7, 11) is 0. The molecule has 0 bridgehead atoms. The van der Waals surface area contributed by atoms with Crippen LogP contribution in [-0.2, 0) is 11.2 Å². The Balaban J connectivity index is 1.52. The van der Waals surface area contributed by atoms with Crippen molar-refractivity contribution >= 4 is 44.4 Å². The van der Waals surface area contributed by atoms with Gasteiger partial charge in [0.05, 0.1) is 6.42 Å². The summed E-state index contributed by atoms with van der Waals surface area (Å²) in [5.41, 5.74) is 4.81. The molecule has 0 aliphatic heterocycles. The molecule has 2 N–H and O–H groups in total. The first-order valence-electron chi connectivity index (χ1n) is 9.15. The Labute approximate surface area is 179 Å². The third-order valence-corrected chi connectivity index (χ3v) is 5.98. The Morgan fingerprint density at radius 1 is 1.28 bits per heavy atom. The Morgan fingerprint density at radius 2 is 2.14 bits per heavy atom. The van der Waals surface area contributed by atoms with E-state index in [9.17, 15) is 4.79 Å². The number of rotatable bonds is 4. The van der Waals surface area contributed by atoms with Gasteiger partial charge in [-0.3, -0.25) is 4.79 Å². The van der Waals surface area contributed by atoms with Crippen LogP contribution in [-0.4, -0.2) is 26.2 Å². The van der Waals surface area contributed by atoms with Crippen LogP contribution in [0.4, 0.5) is 0 Å². The maximum atomic E-state index is 11.1. The number of H-pyrrole nitrogens is 1. The highest BCUT2D eigenvalue weighted by molar-refractivity contribution is 9.10. The van der Waals surface area contributed by atoms with Crippen molar-refractivity contribution in [2.75, 3.05) is 0 Å². The standard InChI is InChI=1S/C21H15BrClN3O3/c22-13-5-12(6-14(23)9-13)21-25-20(26-29-21)11-2-4-17-16(7-11)15-3-1-10(8-18(27)28)19(15)24-17/h2,4-7,9-10,24H,1,3,8H2,(H,27,28). The molecule has 0 saturated carbocycles. The second kappa shape index (κ2) is 7.00. The smallest absolute Gasteiger partial charge is 0.304 e. The number of aliphatic carboxylic acids is 1. The zero-order valence-corrected chi connectivity index (χ0v) is 17.4. The average molecular weight is 473 g/mol. The topological polar surface area (TPSA) is 92.0 Å². The van der Waals surface area contributed by atoms with E-state index in [1.165, 1.54) is 5.56 Å². The number of nitrogens with zero attached hydrogens (tertiary/aromatic N) is 2. The maximum Gasteiger partial charge on any atom is 0.304 e. The zero-order chi connectivity index (χ0) is 20.1. The number of aromatic amines is 1. The van der Waals surface area contributed by atoms with Crippen molar-refractivity contribution in [1.82, 2.24) is 15.1 Å². The van der Waals surface area contributed by atoms with Crippen LogP contribution in [0.5, 0.6) is 0 Å². The molecule has 0 saturated heterocycles. The quantitative estimate of drug-likeness (QED) is 0.391. The lowest BCUT2D eigenvalue weighted by Gasteiger charge is -2.05. The normalized spacial score (nSPS) is 15.7. The minimum absolute atomic E-state index is 0.0383. The molecule has 1 aliphatic rings. The van der Waals surface area contributed by atoms with E-state index in [2.05, 4.69) is 31.1 Å². The fraction of sp³-hybridized carbons (Fsp3) is 0.190. The molecule has 5 rings (SSSR count). The summed E-state index contributed by atoms with van der Waals surface area (Å²) in [5.74, 6) is 0.155. The Morgan fingerprint density at radius 3 is 2.93 bits per heavy atom. The number of hydrogen-bond donors (Lipinski definition) is 2. The number of carboxylic acid groups (broad SMARTS) is 1. The van der Waals surface area contributed by atoms with Gasteiger partial charge in [-0.25, -0.2) is 0 Å². The molecule has 2 aromatic heterocycles. The number of nitrogens with one attached hydrogen (secondary N) is 1. The molecule has 6 nitrogen and oxygen atoms in total. The number of carboxylic acids is 1. The van der Waals surface area contributed by atoms with E-state index in [4.69, 9.17) is 21.2 Å².